The van der Waals surface area contributed by atoms with Crippen molar-refractivity contribution in [3.63, 3.8) is 0 Å². The summed E-state index contributed by atoms with van der Waals surface area (Å²) in [7, 11) is 0. The molecule has 0 saturated heterocycles. The maximum atomic E-state index is 12.0. The van der Waals surface area contributed by atoms with E-state index in [2.05, 4.69) is 30.4 Å². The van der Waals surface area contributed by atoms with Crippen LogP contribution in [-0.2, 0) is 4.79 Å². The second kappa shape index (κ2) is 8.59. The van der Waals surface area contributed by atoms with Gasteiger partial charge in [0.25, 0.3) is 0 Å². The Morgan fingerprint density at radius 1 is 1.19 bits per heavy atom. The van der Waals surface area contributed by atoms with Crippen LogP contribution in [0.1, 0.15) is 57.9 Å². The zero-order chi connectivity index (χ0) is 19.4. The summed E-state index contributed by atoms with van der Waals surface area (Å²) in [5.41, 5.74) is 2.52. The summed E-state index contributed by atoms with van der Waals surface area (Å²) in [6, 6.07) is 10.6. The van der Waals surface area contributed by atoms with Gasteiger partial charge in [0.05, 0.1) is 0 Å². The normalized spacial score (nSPS) is 27.7. The van der Waals surface area contributed by atoms with Crippen molar-refractivity contribution in [2.75, 3.05) is 0 Å². The van der Waals surface area contributed by atoms with E-state index in [1.54, 1.807) is 4.90 Å². The molecule has 0 spiro atoms. The summed E-state index contributed by atoms with van der Waals surface area (Å²) >= 11 is 0. The fourth-order valence-electron chi connectivity index (χ4n) is 4.48. The average molecular weight is 370 g/mol. The molecule has 0 aliphatic heterocycles. The van der Waals surface area contributed by atoms with Crippen LogP contribution < -0.4 is 5.32 Å². The standard InChI is InChI=1S/C22H30N2O3/c1-3-17(13-16-7-5-4-6-8-16)20-14-21(20)24(22(26)27)19-11-9-18(10-12-19)23-15(2)25/h4-8,13,18-21H,3,9-12,14H2,1-2H3,(H,23,25)(H,26,27)/t18?,19?,20-,21+/m0/s1. The fraction of sp³-hybridized carbons (Fsp3) is 0.545. The number of carbonyl (C=O) groups is 2. The molecule has 0 heterocycles. The van der Waals surface area contributed by atoms with Gasteiger partial charge >= 0.3 is 6.09 Å². The quantitative estimate of drug-likeness (QED) is 0.784. The second-order valence-electron chi connectivity index (χ2n) is 7.79. The Bertz CT molecular complexity index is 693. The van der Waals surface area contributed by atoms with Gasteiger partial charge in [0.1, 0.15) is 0 Å². The number of nitrogens with zero attached hydrogens (tertiary/aromatic N) is 1. The summed E-state index contributed by atoms with van der Waals surface area (Å²) in [6.45, 7) is 3.68. The summed E-state index contributed by atoms with van der Waals surface area (Å²) in [5, 5.41) is 12.8. The minimum absolute atomic E-state index is 0.00515. The van der Waals surface area contributed by atoms with Gasteiger partial charge in [-0.25, -0.2) is 4.79 Å². The zero-order valence-electron chi connectivity index (χ0n) is 16.2. The lowest BCUT2D eigenvalue weighted by atomic mass is 9.90. The lowest BCUT2D eigenvalue weighted by molar-refractivity contribution is -0.119. The van der Waals surface area contributed by atoms with Gasteiger partial charge in [-0.3, -0.25) is 4.79 Å². The highest BCUT2D eigenvalue weighted by atomic mass is 16.4. The van der Waals surface area contributed by atoms with Crippen molar-refractivity contribution >= 4 is 18.1 Å². The first-order valence-electron chi connectivity index (χ1n) is 10.0. The van der Waals surface area contributed by atoms with Crippen LogP contribution in [0.15, 0.2) is 35.9 Å². The molecule has 2 aliphatic rings. The molecule has 1 aromatic carbocycles. The molecule has 3 rings (SSSR count). The van der Waals surface area contributed by atoms with Crippen molar-refractivity contribution in [3.05, 3.63) is 41.5 Å². The van der Waals surface area contributed by atoms with Crippen LogP contribution in [-0.4, -0.2) is 40.1 Å². The molecular weight excluding hydrogens is 340 g/mol. The number of carboxylic acid groups (broad SMARTS) is 1. The summed E-state index contributed by atoms with van der Waals surface area (Å²) in [5.74, 6) is 0.328. The molecule has 2 N–H and O–H groups in total. The molecule has 5 nitrogen and oxygen atoms in total. The molecular formula is C22H30N2O3. The Balaban J connectivity index is 1.64. The minimum atomic E-state index is -0.805. The van der Waals surface area contributed by atoms with E-state index in [-0.39, 0.29) is 24.0 Å². The van der Waals surface area contributed by atoms with Gasteiger partial charge in [-0.05, 0) is 44.1 Å². The highest BCUT2D eigenvalue weighted by Crippen LogP contribution is 2.45. The molecule has 27 heavy (non-hydrogen) atoms. The molecule has 5 heteroatoms. The molecule has 2 saturated carbocycles. The van der Waals surface area contributed by atoms with Gasteiger partial charge in [0.15, 0.2) is 0 Å². The predicted octanol–water partition coefficient (Wildman–Crippen LogP) is 4.30. The first-order chi connectivity index (χ1) is 13.0. The Morgan fingerprint density at radius 3 is 2.41 bits per heavy atom. The molecule has 2 aliphatic carbocycles. The van der Waals surface area contributed by atoms with Gasteiger partial charge in [0.2, 0.25) is 5.91 Å². The molecule has 0 aromatic heterocycles. The van der Waals surface area contributed by atoms with Crippen molar-refractivity contribution in [1.82, 2.24) is 10.2 Å². The van der Waals surface area contributed by atoms with Gasteiger partial charge < -0.3 is 15.3 Å². The van der Waals surface area contributed by atoms with Crippen molar-refractivity contribution < 1.29 is 14.7 Å². The summed E-state index contributed by atoms with van der Waals surface area (Å²) < 4.78 is 0. The maximum absolute atomic E-state index is 12.0. The fourth-order valence-corrected chi connectivity index (χ4v) is 4.48. The summed E-state index contributed by atoms with van der Waals surface area (Å²) in [4.78, 5) is 24.9. The van der Waals surface area contributed by atoms with Crippen LogP contribution in [0.3, 0.4) is 0 Å². The number of rotatable bonds is 6. The van der Waals surface area contributed by atoms with Gasteiger partial charge in [-0.15, -0.1) is 0 Å². The van der Waals surface area contributed by atoms with Crippen molar-refractivity contribution in [2.24, 2.45) is 5.92 Å². The molecule has 146 valence electrons. The van der Waals surface area contributed by atoms with E-state index in [9.17, 15) is 14.7 Å². The number of hydrogen-bond acceptors (Lipinski definition) is 2. The van der Waals surface area contributed by atoms with Crippen molar-refractivity contribution in [3.8, 4) is 0 Å². The summed E-state index contributed by atoms with van der Waals surface area (Å²) in [6.07, 6.45) is 6.63. The Hall–Kier alpha value is -2.30. The van der Waals surface area contributed by atoms with Crippen LogP contribution >= 0.6 is 0 Å². The second-order valence-corrected chi connectivity index (χ2v) is 7.79. The molecule has 2 fully saturated rings. The topological polar surface area (TPSA) is 69.6 Å². The van der Waals surface area contributed by atoms with Crippen LogP contribution in [0, 0.1) is 5.92 Å². The van der Waals surface area contributed by atoms with Crippen molar-refractivity contribution in [1.29, 1.82) is 0 Å². The van der Waals surface area contributed by atoms with Gasteiger partial charge in [-0.1, -0.05) is 48.9 Å². The largest absolute Gasteiger partial charge is 0.465 e. The van der Waals surface area contributed by atoms with Crippen molar-refractivity contribution in [2.45, 2.75) is 70.5 Å². The van der Waals surface area contributed by atoms with E-state index in [4.69, 9.17) is 0 Å². The molecule has 2 atom stereocenters. The first-order valence-corrected chi connectivity index (χ1v) is 10.0. The molecule has 0 unspecified atom stereocenters. The Kier molecular flexibility index (Phi) is 6.19. The van der Waals surface area contributed by atoms with E-state index in [0.717, 1.165) is 38.5 Å². The first kappa shape index (κ1) is 19.5. The number of hydrogen-bond donors (Lipinski definition) is 2. The predicted molar refractivity (Wildman–Crippen MR) is 106 cm³/mol. The van der Waals surface area contributed by atoms with Gasteiger partial charge in [0, 0.05) is 31.0 Å². The third kappa shape index (κ3) is 4.90. The van der Waals surface area contributed by atoms with Crippen LogP contribution in [0.25, 0.3) is 6.08 Å². The van der Waals surface area contributed by atoms with E-state index in [1.807, 2.05) is 18.2 Å². The SMILES string of the molecule is CCC(=Cc1ccccc1)[C@@H]1C[C@H]1N(C(=O)O)C1CCC(NC(C)=O)CC1. The number of carbonyl (C=O) groups excluding carboxylic acids is 1. The molecule has 0 radical (unpaired) electrons. The number of amides is 2. The average Bonchev–Trinajstić information content (AvgIpc) is 3.41. The van der Waals surface area contributed by atoms with Crippen LogP contribution in [0.2, 0.25) is 0 Å². The minimum Gasteiger partial charge on any atom is -0.465 e. The zero-order valence-corrected chi connectivity index (χ0v) is 16.2. The smallest absolute Gasteiger partial charge is 0.407 e. The lowest BCUT2D eigenvalue weighted by Gasteiger charge is -2.36. The third-order valence-corrected chi connectivity index (χ3v) is 5.87. The number of nitrogens with one attached hydrogen (secondary N) is 1. The highest BCUT2D eigenvalue weighted by Gasteiger charge is 2.48. The van der Waals surface area contributed by atoms with E-state index in [1.165, 1.54) is 18.1 Å². The van der Waals surface area contributed by atoms with E-state index < -0.39 is 6.09 Å². The maximum Gasteiger partial charge on any atom is 0.407 e. The molecule has 2 amide bonds. The lowest BCUT2D eigenvalue weighted by Crippen LogP contribution is -2.47. The van der Waals surface area contributed by atoms with Crippen LogP contribution in [0.5, 0.6) is 0 Å². The number of benzene rings is 1. The molecule has 0 bridgehead atoms. The Morgan fingerprint density at radius 2 is 1.85 bits per heavy atom. The van der Waals surface area contributed by atoms with E-state index >= 15 is 0 Å². The van der Waals surface area contributed by atoms with Crippen LogP contribution in [0.4, 0.5) is 4.79 Å². The van der Waals surface area contributed by atoms with Gasteiger partial charge in [-0.2, -0.15) is 0 Å². The third-order valence-electron chi connectivity index (χ3n) is 5.87. The molecule has 1 aromatic rings. The Labute approximate surface area is 161 Å². The monoisotopic (exact) mass is 370 g/mol. The highest BCUT2D eigenvalue weighted by molar-refractivity contribution is 5.73. The van der Waals surface area contributed by atoms with E-state index in [0.29, 0.717) is 5.92 Å².